The number of nitrogens with one attached hydrogen (secondary N) is 1. The van der Waals surface area contributed by atoms with Gasteiger partial charge in [0.1, 0.15) is 9.97 Å². The Balaban J connectivity index is 2.18. The SMILES string of the molecule is Cc1nc(CNS(=O)(=O)c2cc([N+](=O)[O-])c(N)s2)oc1C. The first-order valence-electron chi connectivity index (χ1n) is 5.67. The van der Waals surface area contributed by atoms with Crippen molar-refractivity contribution in [3.63, 3.8) is 0 Å². The van der Waals surface area contributed by atoms with Crippen molar-refractivity contribution in [2.75, 3.05) is 5.73 Å². The molecule has 114 valence electrons. The van der Waals surface area contributed by atoms with Gasteiger partial charge < -0.3 is 10.2 Å². The van der Waals surface area contributed by atoms with Crippen molar-refractivity contribution < 1.29 is 17.8 Å². The summed E-state index contributed by atoms with van der Waals surface area (Å²) in [4.78, 5) is 14.0. The van der Waals surface area contributed by atoms with Crippen LogP contribution in [0.2, 0.25) is 0 Å². The molecule has 0 saturated carbocycles. The number of thiophene rings is 1. The number of nitro groups is 1. The molecule has 21 heavy (non-hydrogen) atoms. The van der Waals surface area contributed by atoms with Gasteiger partial charge in [0.15, 0.2) is 5.00 Å². The monoisotopic (exact) mass is 332 g/mol. The number of nitrogen functional groups attached to an aromatic ring is 1. The lowest BCUT2D eigenvalue weighted by atomic mass is 10.4. The van der Waals surface area contributed by atoms with Crippen molar-refractivity contribution in [2.24, 2.45) is 0 Å². The molecular weight excluding hydrogens is 320 g/mol. The molecule has 0 spiro atoms. The second kappa shape index (κ2) is 5.42. The molecule has 3 N–H and O–H groups in total. The zero-order chi connectivity index (χ0) is 15.8. The van der Waals surface area contributed by atoms with E-state index in [4.69, 9.17) is 10.2 Å². The fourth-order valence-corrected chi connectivity index (χ4v) is 3.72. The highest BCUT2D eigenvalue weighted by molar-refractivity contribution is 7.91. The van der Waals surface area contributed by atoms with Crippen LogP contribution in [0.3, 0.4) is 0 Å². The van der Waals surface area contributed by atoms with Crippen LogP contribution in [-0.2, 0) is 16.6 Å². The zero-order valence-electron chi connectivity index (χ0n) is 11.1. The van der Waals surface area contributed by atoms with Gasteiger partial charge in [0.05, 0.1) is 17.2 Å². The number of aromatic nitrogens is 1. The van der Waals surface area contributed by atoms with Gasteiger partial charge in [-0.1, -0.05) is 11.3 Å². The number of rotatable bonds is 5. The summed E-state index contributed by atoms with van der Waals surface area (Å²) in [6.45, 7) is 3.30. The van der Waals surface area contributed by atoms with E-state index in [-0.39, 0.29) is 21.6 Å². The number of anilines is 1. The second-order valence-electron chi connectivity index (χ2n) is 4.15. The highest BCUT2D eigenvalue weighted by Gasteiger charge is 2.25. The lowest BCUT2D eigenvalue weighted by Crippen LogP contribution is -2.22. The van der Waals surface area contributed by atoms with Gasteiger partial charge in [-0.25, -0.2) is 18.1 Å². The van der Waals surface area contributed by atoms with Crippen LogP contribution in [0.25, 0.3) is 0 Å². The highest BCUT2D eigenvalue weighted by Crippen LogP contribution is 2.34. The van der Waals surface area contributed by atoms with E-state index >= 15 is 0 Å². The van der Waals surface area contributed by atoms with Crippen LogP contribution in [0.4, 0.5) is 10.7 Å². The van der Waals surface area contributed by atoms with Gasteiger partial charge in [-0.2, -0.15) is 0 Å². The molecule has 9 nitrogen and oxygen atoms in total. The van der Waals surface area contributed by atoms with E-state index in [2.05, 4.69) is 9.71 Å². The summed E-state index contributed by atoms with van der Waals surface area (Å²) in [5.74, 6) is 0.813. The van der Waals surface area contributed by atoms with Gasteiger partial charge >= 0.3 is 5.69 Å². The molecule has 0 atom stereocenters. The summed E-state index contributed by atoms with van der Waals surface area (Å²) in [6, 6.07) is 0.925. The Hall–Kier alpha value is -1.98. The van der Waals surface area contributed by atoms with Crippen molar-refractivity contribution in [3.05, 3.63) is 33.5 Å². The van der Waals surface area contributed by atoms with E-state index < -0.39 is 20.6 Å². The maximum absolute atomic E-state index is 12.0. The smallest absolute Gasteiger partial charge is 0.304 e. The van der Waals surface area contributed by atoms with Gasteiger partial charge in [0, 0.05) is 6.07 Å². The first kappa shape index (κ1) is 15.4. The largest absolute Gasteiger partial charge is 0.444 e. The quantitative estimate of drug-likeness (QED) is 0.621. The Kier molecular flexibility index (Phi) is 3.98. The first-order chi connectivity index (χ1) is 9.70. The number of sulfonamides is 1. The van der Waals surface area contributed by atoms with Crippen LogP contribution in [0.15, 0.2) is 14.7 Å². The van der Waals surface area contributed by atoms with Crippen LogP contribution >= 0.6 is 11.3 Å². The normalized spacial score (nSPS) is 11.7. The molecule has 0 fully saturated rings. The molecule has 0 amide bonds. The average Bonchev–Trinajstić information content (AvgIpc) is 2.92. The molecular formula is C10H12N4O5S2. The third kappa shape index (κ3) is 3.20. The Bertz CT molecular complexity index is 773. The molecule has 0 unspecified atom stereocenters. The van der Waals surface area contributed by atoms with Gasteiger partial charge in [-0.15, -0.1) is 0 Å². The van der Waals surface area contributed by atoms with Crippen LogP contribution in [0.1, 0.15) is 17.3 Å². The summed E-state index contributed by atoms with van der Waals surface area (Å²) in [7, 11) is -3.91. The molecule has 0 radical (unpaired) electrons. The van der Waals surface area contributed by atoms with Crippen LogP contribution in [0, 0.1) is 24.0 Å². The third-order valence-corrected chi connectivity index (χ3v) is 5.49. The van der Waals surface area contributed by atoms with Crippen molar-refractivity contribution >= 4 is 32.0 Å². The Morgan fingerprint density at radius 3 is 2.67 bits per heavy atom. The van der Waals surface area contributed by atoms with Crippen molar-refractivity contribution in [1.82, 2.24) is 9.71 Å². The van der Waals surface area contributed by atoms with E-state index in [1.807, 2.05) is 0 Å². The molecule has 2 aromatic rings. The van der Waals surface area contributed by atoms with Crippen molar-refractivity contribution in [3.8, 4) is 0 Å². The molecule has 0 aliphatic rings. The number of hydrogen-bond acceptors (Lipinski definition) is 8. The fourth-order valence-electron chi connectivity index (χ4n) is 1.49. The average molecular weight is 332 g/mol. The first-order valence-corrected chi connectivity index (χ1v) is 7.97. The summed E-state index contributed by atoms with van der Waals surface area (Å²) >= 11 is 0.628. The minimum absolute atomic E-state index is 0.150. The van der Waals surface area contributed by atoms with E-state index in [9.17, 15) is 18.5 Å². The Morgan fingerprint density at radius 1 is 1.52 bits per heavy atom. The molecule has 0 bridgehead atoms. The van der Waals surface area contributed by atoms with Crippen LogP contribution in [-0.4, -0.2) is 18.3 Å². The van der Waals surface area contributed by atoms with E-state index in [0.29, 0.717) is 22.8 Å². The Labute approximate surface area is 124 Å². The van der Waals surface area contributed by atoms with Gasteiger partial charge in [0.25, 0.3) is 10.0 Å². The molecule has 0 saturated heterocycles. The number of aryl methyl sites for hydroxylation is 2. The Morgan fingerprint density at radius 2 is 2.19 bits per heavy atom. The number of nitrogens with two attached hydrogens (primary N) is 1. The molecule has 2 heterocycles. The van der Waals surface area contributed by atoms with E-state index in [0.717, 1.165) is 6.07 Å². The lowest BCUT2D eigenvalue weighted by molar-refractivity contribution is -0.383. The van der Waals surface area contributed by atoms with Gasteiger partial charge in [-0.05, 0) is 13.8 Å². The van der Waals surface area contributed by atoms with Crippen LogP contribution in [0.5, 0.6) is 0 Å². The summed E-state index contributed by atoms with van der Waals surface area (Å²) < 4.78 is 31.3. The van der Waals surface area contributed by atoms with E-state index in [1.54, 1.807) is 13.8 Å². The van der Waals surface area contributed by atoms with Crippen molar-refractivity contribution in [2.45, 2.75) is 24.6 Å². The predicted molar refractivity (Wildman–Crippen MR) is 75.4 cm³/mol. The molecule has 2 aromatic heterocycles. The van der Waals surface area contributed by atoms with Gasteiger partial charge in [0.2, 0.25) is 5.89 Å². The lowest BCUT2D eigenvalue weighted by Gasteiger charge is -2.01. The zero-order valence-corrected chi connectivity index (χ0v) is 12.7. The number of nitrogens with zero attached hydrogens (tertiary/aromatic N) is 2. The van der Waals surface area contributed by atoms with E-state index in [1.165, 1.54) is 0 Å². The van der Waals surface area contributed by atoms with Gasteiger partial charge in [-0.3, -0.25) is 10.1 Å². The summed E-state index contributed by atoms with van der Waals surface area (Å²) in [5, 5.41) is 10.5. The minimum atomic E-state index is -3.91. The molecule has 0 aliphatic heterocycles. The number of oxazole rings is 1. The molecule has 11 heteroatoms. The van der Waals surface area contributed by atoms with Crippen LogP contribution < -0.4 is 10.5 Å². The van der Waals surface area contributed by atoms with Crippen molar-refractivity contribution in [1.29, 1.82) is 0 Å². The topological polar surface area (TPSA) is 141 Å². The highest BCUT2D eigenvalue weighted by atomic mass is 32.2. The third-order valence-electron chi connectivity index (χ3n) is 2.67. The fraction of sp³-hybridized carbons (Fsp3) is 0.300. The summed E-state index contributed by atoms with van der Waals surface area (Å²) in [6.07, 6.45) is 0. The maximum atomic E-state index is 12.0. The second-order valence-corrected chi connectivity index (χ2v) is 7.22. The number of hydrogen-bond donors (Lipinski definition) is 2. The summed E-state index contributed by atoms with van der Waals surface area (Å²) in [5.41, 5.74) is 5.66. The molecule has 2 rings (SSSR count). The maximum Gasteiger partial charge on any atom is 0.304 e. The minimum Gasteiger partial charge on any atom is -0.444 e. The standard InChI is InChI=1S/C10H12N4O5S2/c1-5-6(2)19-8(13-5)4-12-21(17,18)9-3-7(14(15)16)10(11)20-9/h3,12H,4,11H2,1-2H3. The predicted octanol–water partition coefficient (Wildman–Crippen LogP) is 1.32. The molecule has 0 aliphatic carbocycles. The molecule has 0 aromatic carbocycles.